The van der Waals surface area contributed by atoms with E-state index in [0.717, 1.165) is 24.0 Å². The molecule has 1 saturated heterocycles. The van der Waals surface area contributed by atoms with Crippen LogP contribution in [0.25, 0.3) is 5.76 Å². The summed E-state index contributed by atoms with van der Waals surface area (Å²) in [6.45, 7) is 3.07. The first kappa shape index (κ1) is 32.0. The van der Waals surface area contributed by atoms with E-state index in [0.29, 0.717) is 45.9 Å². The van der Waals surface area contributed by atoms with Crippen LogP contribution in [0.15, 0.2) is 119 Å². The number of rotatable bonds is 13. The van der Waals surface area contributed by atoms with Crippen molar-refractivity contribution in [2.45, 2.75) is 42.5 Å². The third-order valence-electron chi connectivity index (χ3n) is 7.59. The van der Waals surface area contributed by atoms with Gasteiger partial charge in [0.25, 0.3) is 5.78 Å². The molecule has 47 heavy (non-hydrogen) atoms. The van der Waals surface area contributed by atoms with Gasteiger partial charge in [0.2, 0.25) is 5.13 Å². The molecule has 1 amide bonds. The van der Waals surface area contributed by atoms with Crippen molar-refractivity contribution in [3.05, 3.63) is 137 Å². The molecule has 0 radical (unpaired) electrons. The Hall–Kier alpha value is -4.93. The molecular weight excluding hydrogens is 631 g/mol. The number of carbonyl (C=O) groups excluding carboxylic acids is 2. The lowest BCUT2D eigenvalue weighted by molar-refractivity contribution is -0.132. The Balaban J connectivity index is 1.32. The van der Waals surface area contributed by atoms with Crippen LogP contribution in [0, 0.1) is 0 Å². The highest BCUT2D eigenvalue weighted by Gasteiger charge is 2.48. The fourth-order valence-electron chi connectivity index (χ4n) is 5.11. The van der Waals surface area contributed by atoms with E-state index in [1.165, 1.54) is 28.0 Å². The molecule has 0 spiro atoms. The number of aliphatic hydroxyl groups excluding tert-OH is 1. The highest BCUT2D eigenvalue weighted by atomic mass is 32.2. The molecule has 238 valence electrons. The zero-order chi connectivity index (χ0) is 32.6. The maximum atomic E-state index is 13.7. The number of aromatic nitrogens is 2. The van der Waals surface area contributed by atoms with Gasteiger partial charge in [-0.3, -0.25) is 14.5 Å². The van der Waals surface area contributed by atoms with Gasteiger partial charge in [-0.15, -0.1) is 10.2 Å². The Bertz CT molecular complexity index is 1840. The van der Waals surface area contributed by atoms with Gasteiger partial charge in [0, 0.05) is 11.3 Å². The molecule has 1 aromatic heterocycles. The number of ether oxygens (including phenoxy) is 2. The number of aliphatic hydroxyl groups is 1. The van der Waals surface area contributed by atoms with Crippen molar-refractivity contribution in [1.29, 1.82) is 0 Å². The Labute approximate surface area is 281 Å². The molecular formula is C37H33N3O5S2. The van der Waals surface area contributed by atoms with Crippen LogP contribution in [0.1, 0.15) is 48.1 Å². The van der Waals surface area contributed by atoms with Crippen molar-refractivity contribution < 1.29 is 24.2 Å². The number of thioether (sulfide) groups is 1. The molecule has 10 heteroatoms. The van der Waals surface area contributed by atoms with Gasteiger partial charge in [-0.1, -0.05) is 109 Å². The molecule has 1 N–H and O–H groups in total. The SMILES string of the molecule is CCCCOc1ccc(/C(O)=C2\C(=O)C(=O)N(c3nnc(SCc4ccccc4)s3)C2c2ccc(OCc3ccccc3)cc2)cc1. The van der Waals surface area contributed by atoms with Crippen LogP contribution in [-0.2, 0) is 21.9 Å². The highest BCUT2D eigenvalue weighted by Crippen LogP contribution is 2.44. The third kappa shape index (κ3) is 7.56. The Kier molecular flexibility index (Phi) is 10.3. The van der Waals surface area contributed by atoms with Gasteiger partial charge in [0.1, 0.15) is 23.9 Å². The molecule has 2 heterocycles. The van der Waals surface area contributed by atoms with Crippen molar-refractivity contribution in [2.75, 3.05) is 11.5 Å². The van der Waals surface area contributed by atoms with E-state index in [2.05, 4.69) is 17.1 Å². The summed E-state index contributed by atoms with van der Waals surface area (Å²) >= 11 is 2.73. The maximum absolute atomic E-state index is 13.7. The van der Waals surface area contributed by atoms with Gasteiger partial charge in [0.15, 0.2) is 4.34 Å². The van der Waals surface area contributed by atoms with Gasteiger partial charge < -0.3 is 14.6 Å². The topological polar surface area (TPSA) is 102 Å². The predicted octanol–water partition coefficient (Wildman–Crippen LogP) is 8.21. The van der Waals surface area contributed by atoms with E-state index in [4.69, 9.17) is 9.47 Å². The number of hydrogen-bond acceptors (Lipinski definition) is 9. The third-order valence-corrected chi connectivity index (χ3v) is 9.72. The first-order valence-corrected chi connectivity index (χ1v) is 17.1. The molecule has 1 unspecified atom stereocenters. The molecule has 5 aromatic rings. The van der Waals surface area contributed by atoms with Gasteiger partial charge in [-0.2, -0.15) is 0 Å². The maximum Gasteiger partial charge on any atom is 0.301 e. The van der Waals surface area contributed by atoms with Crippen LogP contribution in [0.5, 0.6) is 11.5 Å². The molecule has 4 aromatic carbocycles. The van der Waals surface area contributed by atoms with E-state index in [9.17, 15) is 14.7 Å². The average molecular weight is 664 g/mol. The van der Waals surface area contributed by atoms with Crippen molar-refractivity contribution in [3.8, 4) is 11.5 Å². The zero-order valence-electron chi connectivity index (χ0n) is 25.7. The summed E-state index contributed by atoms with van der Waals surface area (Å²) in [5, 5.41) is 20.5. The molecule has 0 bridgehead atoms. The van der Waals surface area contributed by atoms with E-state index in [1.54, 1.807) is 48.5 Å². The minimum Gasteiger partial charge on any atom is -0.507 e. The summed E-state index contributed by atoms with van der Waals surface area (Å²) in [5.41, 5.74) is 3.15. The van der Waals surface area contributed by atoms with Crippen molar-refractivity contribution in [3.63, 3.8) is 0 Å². The van der Waals surface area contributed by atoms with Gasteiger partial charge in [-0.25, -0.2) is 0 Å². The quantitative estimate of drug-likeness (QED) is 0.0336. The zero-order valence-corrected chi connectivity index (χ0v) is 27.4. The number of Topliss-reactive ketones (excluding diaryl/α,β-unsaturated/α-hetero) is 1. The number of anilines is 1. The predicted molar refractivity (Wildman–Crippen MR) is 185 cm³/mol. The number of ketones is 1. The van der Waals surface area contributed by atoms with Gasteiger partial charge >= 0.3 is 5.91 Å². The normalized spacial score (nSPS) is 15.6. The molecule has 8 nitrogen and oxygen atoms in total. The standard InChI is InChI=1S/C37H33N3O5S2/c1-2-3-22-44-29-20-16-28(17-21-29)33(41)31-32(27-14-18-30(19-15-27)45-23-25-10-6-4-7-11-25)40(35(43)34(31)42)36-38-39-37(47-36)46-24-26-12-8-5-9-13-26/h4-21,32,41H,2-3,22-24H2,1H3/b33-31+. The lowest BCUT2D eigenvalue weighted by atomic mass is 9.95. The summed E-state index contributed by atoms with van der Waals surface area (Å²) in [4.78, 5) is 28.7. The van der Waals surface area contributed by atoms with Crippen LogP contribution < -0.4 is 14.4 Å². The Morgan fingerprint density at radius 1 is 0.830 bits per heavy atom. The Morgan fingerprint density at radius 3 is 2.15 bits per heavy atom. The average Bonchev–Trinajstić information content (AvgIpc) is 3.69. The second-order valence-corrected chi connectivity index (χ2v) is 13.0. The second-order valence-electron chi connectivity index (χ2n) is 10.9. The molecule has 1 aliphatic heterocycles. The van der Waals surface area contributed by atoms with Crippen LogP contribution in [-0.4, -0.2) is 33.6 Å². The number of benzene rings is 4. The summed E-state index contributed by atoms with van der Waals surface area (Å²) < 4.78 is 12.4. The number of hydrogen-bond donors (Lipinski definition) is 1. The van der Waals surface area contributed by atoms with Crippen molar-refractivity contribution >= 4 is 45.7 Å². The minimum atomic E-state index is -0.932. The van der Waals surface area contributed by atoms with Crippen molar-refractivity contribution in [1.82, 2.24) is 10.2 Å². The number of nitrogens with zero attached hydrogens (tertiary/aromatic N) is 3. The molecule has 1 fully saturated rings. The van der Waals surface area contributed by atoms with E-state index < -0.39 is 17.7 Å². The number of amides is 1. The van der Waals surface area contributed by atoms with Crippen LogP contribution in [0.3, 0.4) is 0 Å². The van der Waals surface area contributed by atoms with E-state index in [-0.39, 0.29) is 16.5 Å². The van der Waals surface area contributed by atoms with Crippen LogP contribution in [0.4, 0.5) is 5.13 Å². The summed E-state index contributed by atoms with van der Waals surface area (Å²) in [6, 6.07) is 32.9. The smallest absolute Gasteiger partial charge is 0.301 e. The number of carbonyl (C=O) groups is 2. The molecule has 1 aliphatic rings. The number of unbranched alkanes of at least 4 members (excludes halogenated alkanes) is 1. The monoisotopic (exact) mass is 663 g/mol. The minimum absolute atomic E-state index is 0.0266. The van der Waals surface area contributed by atoms with Crippen molar-refractivity contribution in [2.24, 2.45) is 0 Å². The second kappa shape index (κ2) is 15.1. The highest BCUT2D eigenvalue weighted by molar-refractivity contribution is 8.00. The van der Waals surface area contributed by atoms with Crippen LogP contribution in [0.2, 0.25) is 0 Å². The molecule has 0 aliphatic carbocycles. The van der Waals surface area contributed by atoms with Gasteiger partial charge in [0.05, 0.1) is 18.2 Å². The summed E-state index contributed by atoms with van der Waals surface area (Å²) in [6.07, 6.45) is 1.94. The summed E-state index contributed by atoms with van der Waals surface area (Å²) in [5.74, 6) is 0.116. The molecule has 1 atom stereocenters. The fourth-order valence-corrected chi connectivity index (χ4v) is 6.93. The Morgan fingerprint density at radius 2 is 1.47 bits per heavy atom. The molecule has 6 rings (SSSR count). The summed E-state index contributed by atoms with van der Waals surface area (Å²) in [7, 11) is 0. The first-order chi connectivity index (χ1) is 23.0. The fraction of sp³-hybridized carbons (Fsp3) is 0.189. The van der Waals surface area contributed by atoms with Gasteiger partial charge in [-0.05, 0) is 59.5 Å². The van der Waals surface area contributed by atoms with E-state index >= 15 is 0 Å². The molecule has 0 saturated carbocycles. The first-order valence-electron chi connectivity index (χ1n) is 15.3. The lowest BCUT2D eigenvalue weighted by Crippen LogP contribution is -2.29. The van der Waals surface area contributed by atoms with E-state index in [1.807, 2.05) is 60.7 Å². The lowest BCUT2D eigenvalue weighted by Gasteiger charge is -2.22. The largest absolute Gasteiger partial charge is 0.507 e. The van der Waals surface area contributed by atoms with Crippen LogP contribution >= 0.6 is 23.1 Å².